The van der Waals surface area contributed by atoms with Crippen LogP contribution in [0.5, 0.6) is 0 Å². The SMILES string of the molecule is C=C(N)c1ccc2c(c1)NC(C)(CCCc1cccc(N)c1)C2. The number of rotatable bonds is 5. The van der Waals surface area contributed by atoms with Crippen LogP contribution < -0.4 is 16.8 Å². The Kier molecular flexibility index (Phi) is 4.03. The summed E-state index contributed by atoms with van der Waals surface area (Å²) in [5.41, 5.74) is 18.1. The van der Waals surface area contributed by atoms with Crippen molar-refractivity contribution >= 4 is 17.1 Å². The van der Waals surface area contributed by atoms with Crippen LogP contribution in [-0.2, 0) is 12.8 Å². The molecule has 1 aliphatic heterocycles. The Morgan fingerprint density at radius 2 is 2.09 bits per heavy atom. The Bertz CT molecular complexity index is 735. The van der Waals surface area contributed by atoms with Crippen molar-refractivity contribution in [3.8, 4) is 0 Å². The minimum atomic E-state index is 0.108. The second-order valence-corrected chi connectivity index (χ2v) is 6.86. The van der Waals surface area contributed by atoms with E-state index in [0.717, 1.165) is 36.9 Å². The number of hydrogen-bond donors (Lipinski definition) is 3. The molecule has 3 nitrogen and oxygen atoms in total. The fourth-order valence-electron chi connectivity index (χ4n) is 3.42. The highest BCUT2D eigenvalue weighted by molar-refractivity contribution is 5.69. The smallest absolute Gasteiger partial charge is 0.0386 e. The maximum Gasteiger partial charge on any atom is 0.0386 e. The first-order chi connectivity index (χ1) is 11.0. The summed E-state index contributed by atoms with van der Waals surface area (Å²) in [6, 6.07) is 14.5. The summed E-state index contributed by atoms with van der Waals surface area (Å²) in [6.45, 7) is 6.11. The molecule has 1 unspecified atom stereocenters. The molecule has 23 heavy (non-hydrogen) atoms. The fraction of sp³-hybridized carbons (Fsp3) is 0.300. The third-order valence-electron chi connectivity index (χ3n) is 4.64. The highest BCUT2D eigenvalue weighted by Crippen LogP contribution is 2.36. The van der Waals surface area contributed by atoms with Gasteiger partial charge in [0.05, 0.1) is 0 Å². The molecular formula is C20H25N3. The molecule has 1 aliphatic rings. The van der Waals surface area contributed by atoms with Crippen molar-refractivity contribution < 1.29 is 0 Å². The maximum absolute atomic E-state index is 5.84. The minimum Gasteiger partial charge on any atom is -0.399 e. The van der Waals surface area contributed by atoms with Crippen LogP contribution in [0.25, 0.3) is 5.70 Å². The summed E-state index contributed by atoms with van der Waals surface area (Å²) >= 11 is 0. The van der Waals surface area contributed by atoms with Crippen LogP contribution in [0.2, 0.25) is 0 Å². The average molecular weight is 307 g/mol. The maximum atomic E-state index is 5.84. The van der Waals surface area contributed by atoms with E-state index in [1.165, 1.54) is 16.8 Å². The van der Waals surface area contributed by atoms with Gasteiger partial charge in [0.25, 0.3) is 0 Å². The lowest BCUT2D eigenvalue weighted by Crippen LogP contribution is -2.32. The van der Waals surface area contributed by atoms with Gasteiger partial charge in [0.15, 0.2) is 0 Å². The molecule has 0 radical (unpaired) electrons. The zero-order valence-electron chi connectivity index (χ0n) is 13.7. The summed E-state index contributed by atoms with van der Waals surface area (Å²) < 4.78 is 0. The third kappa shape index (κ3) is 3.50. The topological polar surface area (TPSA) is 64.1 Å². The van der Waals surface area contributed by atoms with Crippen molar-refractivity contribution in [3.05, 3.63) is 65.7 Å². The molecular weight excluding hydrogens is 282 g/mol. The number of aryl methyl sites for hydroxylation is 1. The number of hydrogen-bond acceptors (Lipinski definition) is 3. The van der Waals surface area contributed by atoms with Gasteiger partial charge in [-0.15, -0.1) is 0 Å². The van der Waals surface area contributed by atoms with Gasteiger partial charge < -0.3 is 16.8 Å². The molecule has 0 fully saturated rings. The van der Waals surface area contributed by atoms with Crippen molar-refractivity contribution in [1.82, 2.24) is 0 Å². The Labute approximate surface area is 138 Å². The molecule has 0 bridgehead atoms. The minimum absolute atomic E-state index is 0.108. The van der Waals surface area contributed by atoms with Crippen molar-refractivity contribution in [3.63, 3.8) is 0 Å². The zero-order valence-corrected chi connectivity index (χ0v) is 13.7. The highest BCUT2D eigenvalue weighted by atomic mass is 15.0. The molecule has 2 aromatic rings. The second kappa shape index (κ2) is 5.99. The van der Waals surface area contributed by atoms with Gasteiger partial charge in [0.1, 0.15) is 0 Å². The van der Waals surface area contributed by atoms with Crippen molar-refractivity contribution in [2.75, 3.05) is 11.1 Å². The van der Waals surface area contributed by atoms with Crippen molar-refractivity contribution in [2.24, 2.45) is 5.73 Å². The van der Waals surface area contributed by atoms with Crippen LogP contribution in [-0.4, -0.2) is 5.54 Å². The van der Waals surface area contributed by atoms with Gasteiger partial charge in [-0.3, -0.25) is 0 Å². The number of anilines is 2. The Balaban J connectivity index is 1.62. The predicted octanol–water partition coefficient (Wildman–Crippen LogP) is 3.95. The molecule has 2 aromatic carbocycles. The van der Waals surface area contributed by atoms with Crippen LogP contribution >= 0.6 is 0 Å². The molecule has 120 valence electrons. The van der Waals surface area contributed by atoms with E-state index in [1.54, 1.807) is 0 Å². The number of fused-ring (bicyclic) bond motifs is 1. The van der Waals surface area contributed by atoms with E-state index in [-0.39, 0.29) is 5.54 Å². The lowest BCUT2D eigenvalue weighted by atomic mass is 9.90. The van der Waals surface area contributed by atoms with Gasteiger partial charge in [-0.2, -0.15) is 0 Å². The summed E-state index contributed by atoms with van der Waals surface area (Å²) in [7, 11) is 0. The van der Waals surface area contributed by atoms with Crippen LogP contribution in [0, 0.1) is 0 Å². The van der Waals surface area contributed by atoms with Crippen molar-refractivity contribution in [2.45, 2.75) is 38.1 Å². The van der Waals surface area contributed by atoms with Crippen LogP contribution in [0.4, 0.5) is 11.4 Å². The summed E-state index contributed by atoms with van der Waals surface area (Å²) in [6.07, 6.45) is 4.37. The summed E-state index contributed by atoms with van der Waals surface area (Å²) in [5, 5.41) is 3.68. The van der Waals surface area contributed by atoms with Gasteiger partial charge in [0, 0.05) is 22.6 Å². The van der Waals surface area contributed by atoms with E-state index in [2.05, 4.69) is 49.2 Å². The van der Waals surface area contributed by atoms with Crippen LogP contribution in [0.1, 0.15) is 36.5 Å². The van der Waals surface area contributed by atoms with E-state index in [0.29, 0.717) is 5.70 Å². The van der Waals surface area contributed by atoms with Crippen molar-refractivity contribution in [1.29, 1.82) is 0 Å². The van der Waals surface area contributed by atoms with Gasteiger partial charge in [-0.1, -0.05) is 30.8 Å². The van der Waals surface area contributed by atoms with E-state index in [9.17, 15) is 0 Å². The fourth-order valence-corrected chi connectivity index (χ4v) is 3.42. The normalized spacial score (nSPS) is 19.2. The molecule has 0 aliphatic carbocycles. The van der Waals surface area contributed by atoms with E-state index in [4.69, 9.17) is 11.5 Å². The summed E-state index contributed by atoms with van der Waals surface area (Å²) in [5.74, 6) is 0. The predicted molar refractivity (Wildman–Crippen MR) is 99.2 cm³/mol. The van der Waals surface area contributed by atoms with E-state index < -0.39 is 0 Å². The number of benzene rings is 2. The van der Waals surface area contributed by atoms with Crippen LogP contribution in [0.3, 0.4) is 0 Å². The molecule has 3 heteroatoms. The lowest BCUT2D eigenvalue weighted by Gasteiger charge is -2.25. The first kappa shape index (κ1) is 15.5. The largest absolute Gasteiger partial charge is 0.399 e. The monoisotopic (exact) mass is 307 g/mol. The van der Waals surface area contributed by atoms with E-state index in [1.807, 2.05) is 12.1 Å². The Morgan fingerprint density at radius 3 is 2.83 bits per heavy atom. The molecule has 0 aromatic heterocycles. The Hall–Kier alpha value is -2.42. The second-order valence-electron chi connectivity index (χ2n) is 6.86. The molecule has 0 spiro atoms. The van der Waals surface area contributed by atoms with Crippen LogP contribution in [0.15, 0.2) is 49.0 Å². The standard InChI is InChI=1S/C20H25N3/c1-14(21)16-8-9-17-13-20(2,23-19(17)12-16)10-4-6-15-5-3-7-18(22)11-15/h3,5,7-9,11-12,23H,1,4,6,10,13,21-22H2,2H3. The van der Waals surface area contributed by atoms with Gasteiger partial charge in [0.2, 0.25) is 0 Å². The number of nitrogens with one attached hydrogen (secondary N) is 1. The summed E-state index contributed by atoms with van der Waals surface area (Å²) in [4.78, 5) is 0. The molecule has 0 amide bonds. The first-order valence-corrected chi connectivity index (χ1v) is 8.15. The molecule has 1 atom stereocenters. The number of nitrogen functional groups attached to an aromatic ring is 1. The zero-order chi connectivity index (χ0) is 16.4. The van der Waals surface area contributed by atoms with Gasteiger partial charge in [-0.05, 0) is 67.5 Å². The molecule has 1 heterocycles. The van der Waals surface area contributed by atoms with Gasteiger partial charge >= 0.3 is 0 Å². The lowest BCUT2D eigenvalue weighted by molar-refractivity contribution is 0.471. The quantitative estimate of drug-likeness (QED) is 0.733. The molecule has 0 saturated heterocycles. The average Bonchev–Trinajstić information content (AvgIpc) is 2.82. The molecule has 0 saturated carbocycles. The number of nitrogens with two attached hydrogens (primary N) is 2. The molecule has 3 rings (SSSR count). The van der Waals surface area contributed by atoms with Gasteiger partial charge in [-0.25, -0.2) is 0 Å². The highest BCUT2D eigenvalue weighted by Gasteiger charge is 2.31. The third-order valence-corrected chi connectivity index (χ3v) is 4.64. The Morgan fingerprint density at radius 1 is 1.26 bits per heavy atom. The van der Waals surface area contributed by atoms with E-state index >= 15 is 0 Å². The molecule has 5 N–H and O–H groups in total. The first-order valence-electron chi connectivity index (χ1n) is 8.15.